The van der Waals surface area contributed by atoms with Crippen LogP contribution in [-0.4, -0.2) is 29.6 Å². The van der Waals surface area contributed by atoms with Gasteiger partial charge in [0.05, 0.1) is 44.6 Å². The van der Waals surface area contributed by atoms with Crippen LogP contribution >= 0.6 is 33.9 Å². The van der Waals surface area contributed by atoms with Gasteiger partial charge in [0.1, 0.15) is 12.4 Å². The SMILES string of the molecule is COc1cccc([C@@H]2C(C(=O)Nc3ccccc3)=C(C)N=c3s/c(=C\c4cc(I)c(OCc5ccc([N+](=O)[O-])cc5)c(OC)c4)c(=O)n32)c1. The predicted molar refractivity (Wildman–Crippen MR) is 195 cm³/mol. The fourth-order valence-electron chi connectivity index (χ4n) is 5.44. The van der Waals surface area contributed by atoms with Crippen molar-refractivity contribution in [3.05, 3.63) is 152 Å². The van der Waals surface area contributed by atoms with Crippen molar-refractivity contribution < 1.29 is 23.9 Å². The Hall–Kier alpha value is -5.28. The van der Waals surface area contributed by atoms with Crippen LogP contribution < -0.4 is 34.4 Å². The second kappa shape index (κ2) is 14.5. The average Bonchev–Trinajstić information content (AvgIpc) is 3.40. The molecule has 1 aliphatic rings. The van der Waals surface area contributed by atoms with Crippen LogP contribution in [0.3, 0.4) is 0 Å². The number of hydrogen-bond acceptors (Lipinski definition) is 9. The van der Waals surface area contributed by atoms with Crippen LogP contribution in [0.25, 0.3) is 6.08 Å². The first-order valence-corrected chi connectivity index (χ1v) is 16.8. The smallest absolute Gasteiger partial charge is 0.271 e. The number of para-hydroxylation sites is 1. The van der Waals surface area contributed by atoms with E-state index in [2.05, 4.69) is 27.9 Å². The summed E-state index contributed by atoms with van der Waals surface area (Å²) in [7, 11) is 3.09. The Balaban J connectivity index is 1.38. The molecule has 1 atom stereocenters. The van der Waals surface area contributed by atoms with E-state index in [0.29, 0.717) is 54.7 Å². The summed E-state index contributed by atoms with van der Waals surface area (Å²) < 4.78 is 19.9. The van der Waals surface area contributed by atoms with Gasteiger partial charge in [-0.3, -0.25) is 24.3 Å². The van der Waals surface area contributed by atoms with Gasteiger partial charge in [-0.15, -0.1) is 0 Å². The number of nitro benzene ring substituents is 1. The molecule has 11 nitrogen and oxygen atoms in total. The quantitative estimate of drug-likeness (QED) is 0.105. The molecular formula is C36H29IN4O7S. The number of aromatic nitrogens is 1. The van der Waals surface area contributed by atoms with Crippen molar-refractivity contribution >= 4 is 57.3 Å². The number of carbonyl (C=O) groups excluding carboxylic acids is 1. The fourth-order valence-corrected chi connectivity index (χ4v) is 7.27. The van der Waals surface area contributed by atoms with Crippen LogP contribution in [-0.2, 0) is 11.4 Å². The average molecular weight is 789 g/mol. The molecule has 0 unspecified atom stereocenters. The highest BCUT2D eigenvalue weighted by Gasteiger charge is 2.33. The van der Waals surface area contributed by atoms with E-state index < -0.39 is 11.0 Å². The maximum atomic E-state index is 14.2. The monoisotopic (exact) mass is 788 g/mol. The maximum absolute atomic E-state index is 14.2. The summed E-state index contributed by atoms with van der Waals surface area (Å²) in [6, 6.07) is 25.5. The Morgan fingerprint density at radius 2 is 1.80 bits per heavy atom. The van der Waals surface area contributed by atoms with E-state index in [0.717, 1.165) is 9.13 Å². The molecule has 1 aliphatic heterocycles. The van der Waals surface area contributed by atoms with Crippen LogP contribution in [0.5, 0.6) is 17.2 Å². The van der Waals surface area contributed by atoms with Gasteiger partial charge < -0.3 is 19.5 Å². The molecular weight excluding hydrogens is 759 g/mol. The Morgan fingerprint density at radius 3 is 2.49 bits per heavy atom. The van der Waals surface area contributed by atoms with Gasteiger partial charge in [-0.25, -0.2) is 4.99 Å². The molecule has 0 aliphatic carbocycles. The van der Waals surface area contributed by atoms with Crippen LogP contribution in [0.2, 0.25) is 0 Å². The molecule has 2 heterocycles. The molecule has 1 N–H and O–H groups in total. The van der Waals surface area contributed by atoms with Crippen molar-refractivity contribution in [2.75, 3.05) is 19.5 Å². The molecule has 49 heavy (non-hydrogen) atoms. The van der Waals surface area contributed by atoms with Crippen molar-refractivity contribution in [1.82, 2.24) is 4.57 Å². The third-order valence-electron chi connectivity index (χ3n) is 7.79. The predicted octanol–water partition coefficient (Wildman–Crippen LogP) is 5.98. The number of hydrogen-bond donors (Lipinski definition) is 1. The van der Waals surface area contributed by atoms with E-state index in [9.17, 15) is 19.7 Å². The number of carbonyl (C=O) groups is 1. The molecule has 248 valence electrons. The minimum absolute atomic E-state index is 0.00203. The zero-order chi connectivity index (χ0) is 34.7. The summed E-state index contributed by atoms with van der Waals surface area (Å²) in [4.78, 5) is 43.8. The van der Waals surface area contributed by atoms with Gasteiger partial charge in [-0.1, -0.05) is 41.7 Å². The molecule has 13 heteroatoms. The Bertz CT molecular complexity index is 2280. The van der Waals surface area contributed by atoms with Crippen molar-refractivity contribution in [1.29, 1.82) is 0 Å². The van der Waals surface area contributed by atoms with Gasteiger partial charge in [0.15, 0.2) is 16.3 Å². The number of benzene rings is 4. The molecule has 1 aromatic heterocycles. The molecule has 4 aromatic carbocycles. The first-order valence-electron chi connectivity index (χ1n) is 14.9. The molecule has 6 rings (SSSR count). The Kier molecular flexibility index (Phi) is 9.92. The van der Waals surface area contributed by atoms with Gasteiger partial charge in [-0.05, 0) is 101 Å². The van der Waals surface area contributed by atoms with E-state index in [-0.39, 0.29) is 23.8 Å². The van der Waals surface area contributed by atoms with Crippen LogP contribution in [0.1, 0.15) is 29.7 Å². The lowest BCUT2D eigenvalue weighted by molar-refractivity contribution is -0.384. The summed E-state index contributed by atoms with van der Waals surface area (Å²) in [5, 5.41) is 13.9. The highest BCUT2D eigenvalue weighted by atomic mass is 127. The number of nitrogens with one attached hydrogen (secondary N) is 1. The number of thiazole rings is 1. The summed E-state index contributed by atoms with van der Waals surface area (Å²) in [5.74, 6) is 1.19. The van der Waals surface area contributed by atoms with Crippen LogP contribution in [0.4, 0.5) is 11.4 Å². The highest BCUT2D eigenvalue weighted by Crippen LogP contribution is 2.35. The van der Waals surface area contributed by atoms with Crippen LogP contribution in [0.15, 0.2) is 112 Å². The van der Waals surface area contributed by atoms with Gasteiger partial charge in [0.25, 0.3) is 17.2 Å². The number of anilines is 1. The van der Waals surface area contributed by atoms with Crippen molar-refractivity contribution in [2.45, 2.75) is 19.6 Å². The molecule has 0 radical (unpaired) electrons. The number of nitrogens with zero attached hydrogens (tertiary/aromatic N) is 3. The van der Waals surface area contributed by atoms with E-state index in [1.54, 1.807) is 55.0 Å². The number of halogens is 1. The summed E-state index contributed by atoms with van der Waals surface area (Å²) in [5.41, 5.74) is 3.32. The molecule has 1 amide bonds. The third kappa shape index (κ3) is 7.12. The number of methoxy groups -OCH3 is 2. The van der Waals surface area contributed by atoms with E-state index in [1.807, 2.05) is 48.5 Å². The lowest BCUT2D eigenvalue weighted by Crippen LogP contribution is -2.40. The first kappa shape index (κ1) is 33.6. The molecule has 0 saturated carbocycles. The Labute approximate surface area is 298 Å². The molecule has 0 spiro atoms. The number of non-ortho nitro benzene ring substituents is 1. The topological polar surface area (TPSA) is 134 Å². The summed E-state index contributed by atoms with van der Waals surface area (Å²) in [6.45, 7) is 1.94. The molecule has 0 bridgehead atoms. The number of ether oxygens (including phenoxy) is 3. The minimum atomic E-state index is -0.762. The first-order chi connectivity index (χ1) is 23.7. The fraction of sp³-hybridized carbons (Fsp3) is 0.139. The number of nitro groups is 1. The zero-order valence-electron chi connectivity index (χ0n) is 26.5. The molecule has 5 aromatic rings. The minimum Gasteiger partial charge on any atom is -0.497 e. The third-order valence-corrected chi connectivity index (χ3v) is 9.57. The lowest BCUT2D eigenvalue weighted by atomic mass is 9.95. The largest absolute Gasteiger partial charge is 0.497 e. The lowest BCUT2D eigenvalue weighted by Gasteiger charge is -2.25. The van der Waals surface area contributed by atoms with Crippen molar-refractivity contribution in [3.8, 4) is 17.2 Å². The second-order valence-corrected chi connectivity index (χ2v) is 13.1. The van der Waals surface area contributed by atoms with Gasteiger partial charge in [-0.2, -0.15) is 0 Å². The van der Waals surface area contributed by atoms with Crippen molar-refractivity contribution in [3.63, 3.8) is 0 Å². The van der Waals surface area contributed by atoms with E-state index >= 15 is 0 Å². The zero-order valence-corrected chi connectivity index (χ0v) is 29.5. The highest BCUT2D eigenvalue weighted by molar-refractivity contribution is 14.1. The molecule has 0 saturated heterocycles. The number of allylic oxidation sites excluding steroid dienone is 1. The van der Waals surface area contributed by atoms with Gasteiger partial charge >= 0.3 is 0 Å². The van der Waals surface area contributed by atoms with Gasteiger partial charge in [0, 0.05) is 17.8 Å². The summed E-state index contributed by atoms with van der Waals surface area (Å²) in [6.07, 6.45) is 1.76. The van der Waals surface area contributed by atoms with E-state index in [4.69, 9.17) is 19.2 Å². The number of rotatable bonds is 10. The normalized spacial score (nSPS) is 14.1. The standard InChI is InChI=1S/C36H29IN4O7S/c1-21-31(34(42)39-25-9-5-4-6-10-25)32(24-8-7-11-27(19-24)46-2)40-35(43)30(49-36(40)38-21)18-23-16-28(37)33(29(17-23)47-3)48-20-22-12-14-26(15-13-22)41(44)45/h4-19,32H,20H2,1-3H3,(H,39,42)/b30-18-/t32-/m1/s1. The summed E-state index contributed by atoms with van der Waals surface area (Å²) >= 11 is 3.37. The molecule has 0 fully saturated rings. The van der Waals surface area contributed by atoms with Crippen LogP contribution in [0, 0.1) is 13.7 Å². The number of fused-ring (bicyclic) bond motifs is 1. The maximum Gasteiger partial charge on any atom is 0.271 e. The van der Waals surface area contributed by atoms with Gasteiger partial charge in [0.2, 0.25) is 0 Å². The van der Waals surface area contributed by atoms with Crippen molar-refractivity contribution in [2.24, 2.45) is 4.99 Å². The second-order valence-electron chi connectivity index (χ2n) is 10.9. The van der Waals surface area contributed by atoms with E-state index in [1.165, 1.54) is 30.6 Å². The Morgan fingerprint density at radius 1 is 1.04 bits per heavy atom. The number of amides is 1.